The van der Waals surface area contributed by atoms with Gasteiger partial charge >= 0.3 is 0 Å². The summed E-state index contributed by atoms with van der Waals surface area (Å²) in [6, 6.07) is 18.3. The normalized spacial score (nSPS) is 19.8. The van der Waals surface area contributed by atoms with Crippen LogP contribution in [0.25, 0.3) is 0 Å². The van der Waals surface area contributed by atoms with Crippen molar-refractivity contribution in [3.63, 3.8) is 0 Å². The molecule has 0 atom stereocenters. The van der Waals surface area contributed by atoms with E-state index in [1.165, 1.54) is 5.56 Å². The number of guanidine groups is 1. The minimum Gasteiger partial charge on any atom is -0.490 e. The maximum absolute atomic E-state index is 6.60. The zero-order valence-electron chi connectivity index (χ0n) is 18.2. The molecule has 2 aliphatic rings. The van der Waals surface area contributed by atoms with E-state index in [0.29, 0.717) is 0 Å². The van der Waals surface area contributed by atoms with E-state index in [4.69, 9.17) is 21.1 Å². The number of piperidine rings is 1. The molecule has 4 rings (SSSR count). The lowest BCUT2D eigenvalue weighted by atomic mass is 9.74. The van der Waals surface area contributed by atoms with E-state index in [0.717, 1.165) is 75.3 Å². The molecule has 0 bridgehead atoms. The van der Waals surface area contributed by atoms with Gasteiger partial charge in [0.25, 0.3) is 0 Å². The van der Waals surface area contributed by atoms with Crippen molar-refractivity contribution in [3.8, 4) is 5.75 Å². The van der Waals surface area contributed by atoms with Crippen LogP contribution >= 0.6 is 11.6 Å². The third kappa shape index (κ3) is 5.34. The lowest BCUT2D eigenvalue weighted by Gasteiger charge is -2.40. The number of nitrogens with one attached hydrogen (secondary N) is 1. The minimum absolute atomic E-state index is 0.0404. The van der Waals surface area contributed by atoms with Gasteiger partial charge in [0, 0.05) is 63.2 Å². The summed E-state index contributed by atoms with van der Waals surface area (Å²) in [4.78, 5) is 6.92. The monoisotopic (exact) mass is 441 g/mol. The van der Waals surface area contributed by atoms with Crippen molar-refractivity contribution in [2.45, 2.75) is 37.2 Å². The summed E-state index contributed by atoms with van der Waals surface area (Å²) in [7, 11) is 1.86. The summed E-state index contributed by atoms with van der Waals surface area (Å²) in [6.07, 6.45) is 4.13. The smallest absolute Gasteiger partial charge is 0.193 e. The average Bonchev–Trinajstić information content (AvgIpc) is 2.82. The molecule has 2 fully saturated rings. The SMILES string of the molecule is CN=C(NCC1(c2ccccc2Cl)CCOCC1)N1CCC(Oc2ccccc2)CC1. The van der Waals surface area contributed by atoms with Crippen LogP contribution < -0.4 is 10.1 Å². The zero-order chi connectivity index (χ0) is 21.5. The number of likely N-dealkylation sites (tertiary alicyclic amines) is 1. The molecule has 166 valence electrons. The van der Waals surface area contributed by atoms with E-state index in [1.807, 2.05) is 49.5 Å². The highest BCUT2D eigenvalue weighted by atomic mass is 35.5. The number of aliphatic imine (C=N–C) groups is 1. The molecule has 2 saturated heterocycles. The van der Waals surface area contributed by atoms with E-state index in [2.05, 4.69) is 27.3 Å². The van der Waals surface area contributed by atoms with E-state index >= 15 is 0 Å². The number of nitrogens with zero attached hydrogens (tertiary/aromatic N) is 2. The Bertz CT molecular complexity index is 860. The molecule has 2 aromatic rings. The molecule has 6 heteroatoms. The Morgan fingerprint density at radius 2 is 1.77 bits per heavy atom. The van der Waals surface area contributed by atoms with E-state index in [-0.39, 0.29) is 11.5 Å². The molecule has 0 unspecified atom stereocenters. The van der Waals surface area contributed by atoms with Crippen molar-refractivity contribution in [2.75, 3.05) is 39.9 Å². The van der Waals surface area contributed by atoms with Crippen LogP contribution in [0.5, 0.6) is 5.75 Å². The lowest BCUT2D eigenvalue weighted by Crippen LogP contribution is -2.52. The van der Waals surface area contributed by atoms with Crippen molar-refractivity contribution in [1.82, 2.24) is 10.2 Å². The second kappa shape index (κ2) is 10.4. The van der Waals surface area contributed by atoms with Gasteiger partial charge in [-0.3, -0.25) is 4.99 Å². The van der Waals surface area contributed by atoms with Crippen LogP contribution in [0.3, 0.4) is 0 Å². The van der Waals surface area contributed by atoms with Gasteiger partial charge < -0.3 is 19.7 Å². The van der Waals surface area contributed by atoms with Gasteiger partial charge in [0.1, 0.15) is 11.9 Å². The largest absolute Gasteiger partial charge is 0.490 e. The first-order valence-electron chi connectivity index (χ1n) is 11.2. The van der Waals surface area contributed by atoms with Gasteiger partial charge in [0.05, 0.1) is 0 Å². The Balaban J connectivity index is 1.37. The predicted octanol–water partition coefficient (Wildman–Crippen LogP) is 4.51. The van der Waals surface area contributed by atoms with Crippen LogP contribution in [0.1, 0.15) is 31.2 Å². The molecule has 0 amide bonds. The quantitative estimate of drug-likeness (QED) is 0.548. The Morgan fingerprint density at radius 3 is 2.45 bits per heavy atom. The number of rotatable bonds is 5. The molecule has 0 radical (unpaired) electrons. The number of ether oxygens (including phenoxy) is 2. The van der Waals surface area contributed by atoms with Gasteiger partial charge in [-0.1, -0.05) is 48.0 Å². The fourth-order valence-corrected chi connectivity index (χ4v) is 4.99. The summed E-state index contributed by atoms with van der Waals surface area (Å²) < 4.78 is 11.8. The molecule has 5 nitrogen and oxygen atoms in total. The molecule has 0 aliphatic carbocycles. The number of benzene rings is 2. The minimum atomic E-state index is -0.0404. The highest BCUT2D eigenvalue weighted by molar-refractivity contribution is 6.31. The number of hydrogen-bond donors (Lipinski definition) is 1. The zero-order valence-corrected chi connectivity index (χ0v) is 19.0. The van der Waals surface area contributed by atoms with Crippen molar-refractivity contribution < 1.29 is 9.47 Å². The third-order valence-electron chi connectivity index (χ3n) is 6.48. The van der Waals surface area contributed by atoms with Gasteiger partial charge in [-0.05, 0) is 36.6 Å². The van der Waals surface area contributed by atoms with Crippen LogP contribution in [0.4, 0.5) is 0 Å². The second-order valence-electron chi connectivity index (χ2n) is 8.39. The first-order chi connectivity index (χ1) is 15.2. The van der Waals surface area contributed by atoms with E-state index in [1.54, 1.807) is 0 Å². The standard InChI is InChI=1S/C25H32ClN3O2/c1-27-24(29-15-11-21(12-16-29)31-20-7-3-2-4-8-20)28-19-25(13-17-30-18-14-25)22-9-5-6-10-23(22)26/h2-10,21H,11-19H2,1H3,(H,27,28). The first kappa shape index (κ1) is 22.0. The Labute approximate surface area is 190 Å². The summed E-state index contributed by atoms with van der Waals surface area (Å²) in [5.74, 6) is 1.90. The topological polar surface area (TPSA) is 46.1 Å². The van der Waals surface area contributed by atoms with Gasteiger partial charge in [-0.15, -0.1) is 0 Å². The summed E-state index contributed by atoms with van der Waals surface area (Å²) in [5, 5.41) is 4.49. The molecular formula is C25H32ClN3O2. The lowest BCUT2D eigenvalue weighted by molar-refractivity contribution is 0.0510. The van der Waals surface area contributed by atoms with Crippen molar-refractivity contribution in [2.24, 2.45) is 4.99 Å². The first-order valence-corrected chi connectivity index (χ1v) is 11.6. The molecule has 0 saturated carbocycles. The maximum atomic E-state index is 6.60. The molecule has 31 heavy (non-hydrogen) atoms. The highest BCUT2D eigenvalue weighted by Crippen LogP contribution is 2.38. The van der Waals surface area contributed by atoms with Gasteiger partial charge in [0.2, 0.25) is 0 Å². The van der Waals surface area contributed by atoms with Crippen molar-refractivity contribution in [3.05, 3.63) is 65.2 Å². The van der Waals surface area contributed by atoms with Gasteiger partial charge in [-0.2, -0.15) is 0 Å². The number of halogens is 1. The molecule has 2 heterocycles. The van der Waals surface area contributed by atoms with E-state index < -0.39 is 0 Å². The molecule has 2 aliphatic heterocycles. The molecule has 0 aromatic heterocycles. The van der Waals surface area contributed by atoms with E-state index in [9.17, 15) is 0 Å². The number of para-hydroxylation sites is 1. The van der Waals surface area contributed by atoms with Crippen LogP contribution in [0.15, 0.2) is 59.6 Å². The molecule has 1 N–H and O–H groups in total. The Hall–Kier alpha value is -2.24. The van der Waals surface area contributed by atoms with Crippen LogP contribution in [-0.4, -0.2) is 56.9 Å². The Kier molecular flexibility index (Phi) is 7.36. The summed E-state index contributed by atoms with van der Waals surface area (Å²) >= 11 is 6.60. The van der Waals surface area contributed by atoms with Gasteiger partial charge in [-0.25, -0.2) is 0 Å². The van der Waals surface area contributed by atoms with Gasteiger partial charge in [0.15, 0.2) is 5.96 Å². The molecule has 0 spiro atoms. The maximum Gasteiger partial charge on any atom is 0.193 e. The molecule has 2 aromatic carbocycles. The summed E-state index contributed by atoms with van der Waals surface area (Å²) in [5.41, 5.74) is 1.17. The second-order valence-corrected chi connectivity index (χ2v) is 8.80. The van der Waals surface area contributed by atoms with Crippen LogP contribution in [-0.2, 0) is 10.2 Å². The fourth-order valence-electron chi connectivity index (χ4n) is 4.65. The average molecular weight is 442 g/mol. The summed E-state index contributed by atoms with van der Waals surface area (Å²) in [6.45, 7) is 4.17. The number of hydrogen-bond acceptors (Lipinski definition) is 3. The molecular weight excluding hydrogens is 410 g/mol. The fraction of sp³-hybridized carbons (Fsp3) is 0.480. The third-order valence-corrected chi connectivity index (χ3v) is 6.81. The van der Waals surface area contributed by atoms with Crippen LogP contribution in [0, 0.1) is 0 Å². The highest BCUT2D eigenvalue weighted by Gasteiger charge is 2.36. The van der Waals surface area contributed by atoms with Crippen molar-refractivity contribution >= 4 is 17.6 Å². The Morgan fingerprint density at radius 1 is 1.10 bits per heavy atom. The predicted molar refractivity (Wildman–Crippen MR) is 126 cm³/mol. The van der Waals surface area contributed by atoms with Crippen LogP contribution in [0.2, 0.25) is 5.02 Å². The van der Waals surface area contributed by atoms with Crippen molar-refractivity contribution in [1.29, 1.82) is 0 Å².